The molecule has 2 rings (SSSR count). The van der Waals surface area contributed by atoms with Gasteiger partial charge in [-0.2, -0.15) is 0 Å². The average Bonchev–Trinajstić information content (AvgIpc) is 2.41. The van der Waals surface area contributed by atoms with E-state index in [0.717, 1.165) is 24.9 Å². The molecule has 1 aliphatic rings. The van der Waals surface area contributed by atoms with Crippen LogP contribution < -0.4 is 5.73 Å². The number of amides is 1. The molecule has 20 heavy (non-hydrogen) atoms. The molecule has 0 spiro atoms. The highest BCUT2D eigenvalue weighted by Gasteiger charge is 2.29. The largest absolute Gasteiger partial charge is 0.334 e. The maximum absolute atomic E-state index is 12.6. The number of nitrogens with zero attached hydrogens (tertiary/aromatic N) is 1. The Morgan fingerprint density at radius 2 is 2.05 bits per heavy atom. The van der Waals surface area contributed by atoms with Gasteiger partial charge in [-0.3, -0.25) is 4.79 Å². The van der Waals surface area contributed by atoms with Crippen LogP contribution in [0.3, 0.4) is 0 Å². The van der Waals surface area contributed by atoms with Gasteiger partial charge >= 0.3 is 0 Å². The van der Waals surface area contributed by atoms with Gasteiger partial charge in [0.2, 0.25) is 0 Å². The monoisotopic (exact) mass is 296 g/mol. The fraction of sp³-hybridized carbons (Fsp3) is 0.562. The van der Waals surface area contributed by atoms with Gasteiger partial charge in [-0.1, -0.05) is 13.0 Å². The molecule has 1 fully saturated rings. The van der Waals surface area contributed by atoms with Crippen LogP contribution in [0.1, 0.15) is 41.3 Å². The maximum Gasteiger partial charge on any atom is 0.254 e. The summed E-state index contributed by atoms with van der Waals surface area (Å²) in [6, 6.07) is 6.13. The Morgan fingerprint density at radius 3 is 2.65 bits per heavy atom. The van der Waals surface area contributed by atoms with E-state index in [1.54, 1.807) is 0 Å². The second-order valence-electron chi connectivity index (χ2n) is 5.82. The number of nitrogens with two attached hydrogens (primary N) is 1. The lowest BCUT2D eigenvalue weighted by molar-refractivity contribution is 0.0573. The number of aryl methyl sites for hydroxylation is 2. The molecule has 1 aromatic carbocycles. The van der Waals surface area contributed by atoms with Crippen LogP contribution in [-0.2, 0) is 0 Å². The number of carbonyl (C=O) groups excluding carboxylic acids is 1. The minimum Gasteiger partial charge on any atom is -0.334 e. The first-order valence-corrected chi connectivity index (χ1v) is 7.11. The predicted molar refractivity (Wildman–Crippen MR) is 85.4 cm³/mol. The van der Waals surface area contributed by atoms with Crippen molar-refractivity contribution in [1.29, 1.82) is 0 Å². The van der Waals surface area contributed by atoms with Crippen LogP contribution >= 0.6 is 12.4 Å². The van der Waals surface area contributed by atoms with Crippen molar-refractivity contribution >= 4 is 18.3 Å². The molecule has 112 valence electrons. The van der Waals surface area contributed by atoms with Crippen molar-refractivity contribution in [3.8, 4) is 0 Å². The van der Waals surface area contributed by atoms with E-state index < -0.39 is 0 Å². The first-order chi connectivity index (χ1) is 9.02. The Morgan fingerprint density at radius 1 is 1.35 bits per heavy atom. The van der Waals surface area contributed by atoms with Crippen molar-refractivity contribution in [3.63, 3.8) is 0 Å². The second-order valence-corrected chi connectivity index (χ2v) is 5.82. The molecule has 0 radical (unpaired) electrons. The highest BCUT2D eigenvalue weighted by molar-refractivity contribution is 5.94. The molecule has 0 aromatic heterocycles. The molecule has 3 nitrogen and oxygen atoms in total. The smallest absolute Gasteiger partial charge is 0.254 e. The SMILES string of the molecule is Cc1ccc(C(=O)N2CCC(C)CC2CN)cc1C.Cl. The Bertz CT molecular complexity index is 476. The molecule has 0 saturated carbocycles. The van der Waals surface area contributed by atoms with E-state index in [0.29, 0.717) is 12.5 Å². The number of hydrogen-bond acceptors (Lipinski definition) is 2. The summed E-state index contributed by atoms with van der Waals surface area (Å²) in [5.41, 5.74) is 9.01. The van der Waals surface area contributed by atoms with E-state index in [4.69, 9.17) is 5.73 Å². The Balaban J connectivity index is 0.00000200. The molecule has 1 aliphatic heterocycles. The van der Waals surface area contributed by atoms with Gasteiger partial charge in [0.25, 0.3) is 5.91 Å². The number of hydrogen-bond donors (Lipinski definition) is 1. The summed E-state index contributed by atoms with van der Waals surface area (Å²) in [6.45, 7) is 7.73. The summed E-state index contributed by atoms with van der Waals surface area (Å²) < 4.78 is 0. The quantitative estimate of drug-likeness (QED) is 0.912. The molecular weight excluding hydrogens is 272 g/mol. The van der Waals surface area contributed by atoms with E-state index in [1.807, 2.05) is 30.0 Å². The van der Waals surface area contributed by atoms with Crippen LogP contribution in [0.4, 0.5) is 0 Å². The zero-order valence-corrected chi connectivity index (χ0v) is 13.4. The highest BCUT2D eigenvalue weighted by Crippen LogP contribution is 2.24. The van der Waals surface area contributed by atoms with E-state index in [-0.39, 0.29) is 24.4 Å². The van der Waals surface area contributed by atoms with Gasteiger partial charge in [0.1, 0.15) is 0 Å². The Kier molecular flexibility index (Phi) is 6.03. The summed E-state index contributed by atoms with van der Waals surface area (Å²) in [5.74, 6) is 0.794. The third-order valence-corrected chi connectivity index (χ3v) is 4.26. The standard InChI is InChI=1S/C16H24N2O.ClH/c1-11-6-7-18(15(8-11)10-17)16(19)14-5-4-12(2)13(3)9-14;/h4-5,9,11,15H,6-8,10,17H2,1-3H3;1H. The minimum atomic E-state index is 0. The molecule has 1 saturated heterocycles. The van der Waals surface area contributed by atoms with Crippen LogP contribution in [-0.4, -0.2) is 29.9 Å². The molecule has 0 bridgehead atoms. The summed E-state index contributed by atoms with van der Waals surface area (Å²) in [4.78, 5) is 14.6. The second kappa shape index (κ2) is 7.09. The van der Waals surface area contributed by atoms with Crippen LogP contribution in [0.15, 0.2) is 18.2 Å². The molecular formula is C16H25ClN2O. The van der Waals surface area contributed by atoms with Crippen molar-refractivity contribution in [2.45, 2.75) is 39.7 Å². The normalized spacial score (nSPS) is 22.3. The number of piperidine rings is 1. The van der Waals surface area contributed by atoms with Crippen molar-refractivity contribution in [1.82, 2.24) is 4.90 Å². The van der Waals surface area contributed by atoms with Gasteiger partial charge in [-0.25, -0.2) is 0 Å². The number of halogens is 1. The molecule has 2 unspecified atom stereocenters. The predicted octanol–water partition coefficient (Wildman–Crippen LogP) is 2.92. The van der Waals surface area contributed by atoms with Crippen molar-refractivity contribution < 1.29 is 4.79 Å². The van der Waals surface area contributed by atoms with Crippen molar-refractivity contribution in [2.75, 3.05) is 13.1 Å². The van der Waals surface area contributed by atoms with Crippen LogP contribution in [0, 0.1) is 19.8 Å². The van der Waals surface area contributed by atoms with E-state index in [2.05, 4.69) is 13.8 Å². The van der Waals surface area contributed by atoms with Gasteiger partial charge in [0.05, 0.1) is 0 Å². The average molecular weight is 297 g/mol. The molecule has 1 aromatic rings. The Labute approximate surface area is 127 Å². The topological polar surface area (TPSA) is 46.3 Å². The van der Waals surface area contributed by atoms with Gasteiger partial charge in [0.15, 0.2) is 0 Å². The third kappa shape index (κ3) is 3.53. The zero-order chi connectivity index (χ0) is 14.0. The number of carbonyl (C=O) groups is 1. The lowest BCUT2D eigenvalue weighted by Gasteiger charge is -2.38. The number of benzene rings is 1. The number of rotatable bonds is 2. The third-order valence-electron chi connectivity index (χ3n) is 4.26. The molecule has 2 N–H and O–H groups in total. The molecule has 1 heterocycles. The molecule has 1 amide bonds. The first kappa shape index (κ1) is 17.0. The van der Waals surface area contributed by atoms with E-state index in [1.165, 1.54) is 11.1 Å². The summed E-state index contributed by atoms with van der Waals surface area (Å²) in [6.07, 6.45) is 2.10. The van der Waals surface area contributed by atoms with Crippen molar-refractivity contribution in [2.24, 2.45) is 11.7 Å². The van der Waals surface area contributed by atoms with Gasteiger partial charge in [-0.05, 0) is 55.9 Å². The van der Waals surface area contributed by atoms with Gasteiger partial charge in [0, 0.05) is 24.7 Å². The fourth-order valence-electron chi connectivity index (χ4n) is 2.78. The lowest BCUT2D eigenvalue weighted by atomic mass is 9.91. The fourth-order valence-corrected chi connectivity index (χ4v) is 2.78. The van der Waals surface area contributed by atoms with E-state index in [9.17, 15) is 4.79 Å². The molecule has 4 heteroatoms. The zero-order valence-electron chi connectivity index (χ0n) is 12.6. The Hall–Kier alpha value is -1.06. The van der Waals surface area contributed by atoms with Crippen LogP contribution in [0.5, 0.6) is 0 Å². The summed E-state index contributed by atoms with van der Waals surface area (Å²) in [5, 5.41) is 0. The minimum absolute atomic E-state index is 0. The van der Waals surface area contributed by atoms with Crippen molar-refractivity contribution in [3.05, 3.63) is 34.9 Å². The molecule has 0 aliphatic carbocycles. The summed E-state index contributed by atoms with van der Waals surface area (Å²) >= 11 is 0. The lowest BCUT2D eigenvalue weighted by Crippen LogP contribution is -2.49. The summed E-state index contributed by atoms with van der Waals surface area (Å²) in [7, 11) is 0. The van der Waals surface area contributed by atoms with E-state index >= 15 is 0 Å². The van der Waals surface area contributed by atoms with Gasteiger partial charge < -0.3 is 10.6 Å². The van der Waals surface area contributed by atoms with Crippen LogP contribution in [0.2, 0.25) is 0 Å². The first-order valence-electron chi connectivity index (χ1n) is 7.11. The molecule has 2 atom stereocenters. The highest BCUT2D eigenvalue weighted by atomic mass is 35.5. The van der Waals surface area contributed by atoms with Crippen LogP contribution in [0.25, 0.3) is 0 Å². The maximum atomic E-state index is 12.6. The number of likely N-dealkylation sites (tertiary alicyclic amines) is 1. The van der Waals surface area contributed by atoms with Gasteiger partial charge in [-0.15, -0.1) is 12.4 Å².